The number of methoxy groups -OCH3 is 1. The van der Waals surface area contributed by atoms with Crippen molar-refractivity contribution < 1.29 is 42.4 Å². The number of rotatable bonds is 10. The van der Waals surface area contributed by atoms with Gasteiger partial charge in [-0.05, 0) is 128 Å². The highest BCUT2D eigenvalue weighted by atomic mass is 19.4. The summed E-state index contributed by atoms with van der Waals surface area (Å²) in [4.78, 5) is 30.5. The van der Waals surface area contributed by atoms with Gasteiger partial charge in [-0.25, -0.2) is 4.79 Å². The zero-order chi connectivity index (χ0) is 44.1. The van der Waals surface area contributed by atoms with Gasteiger partial charge in [0, 0.05) is 28.8 Å². The maximum Gasteiger partial charge on any atom is 0.573 e. The number of fused-ring (bicyclic) bond motifs is 8. The first kappa shape index (κ1) is 44.2. The molecule has 0 unspecified atom stereocenters. The van der Waals surface area contributed by atoms with Crippen molar-refractivity contribution in [1.82, 2.24) is 4.90 Å². The smallest absolute Gasteiger partial charge is 0.497 e. The Balaban J connectivity index is 1.26. The zero-order valence-corrected chi connectivity index (χ0v) is 35.3. The highest BCUT2D eigenvalue weighted by Crippen LogP contribution is 2.59. The van der Waals surface area contributed by atoms with Gasteiger partial charge in [0.05, 0.1) is 25.4 Å². The average molecular weight is 847 g/mol. The molecule has 3 N–H and O–H groups in total. The van der Waals surface area contributed by atoms with Crippen LogP contribution in [0.1, 0.15) is 90.9 Å². The molecule has 2 bridgehead atoms. The first-order valence-corrected chi connectivity index (χ1v) is 21.1. The number of nitrogens with zero attached hydrogens (tertiary/aromatic N) is 1. The Morgan fingerprint density at radius 3 is 2.21 bits per heavy atom. The Morgan fingerprint density at radius 2 is 1.53 bits per heavy atom. The number of ether oxygens (including phenoxy) is 2. The third-order valence-electron chi connectivity index (χ3n) is 12.8. The van der Waals surface area contributed by atoms with E-state index in [0.29, 0.717) is 73.1 Å². The highest BCUT2D eigenvalue weighted by Gasteiger charge is 2.57. The number of alkyl halides is 3. The van der Waals surface area contributed by atoms with Crippen molar-refractivity contribution in [3.05, 3.63) is 161 Å². The minimum Gasteiger partial charge on any atom is -0.497 e. The van der Waals surface area contributed by atoms with Gasteiger partial charge in [0.25, 0.3) is 0 Å². The number of aliphatic hydroxyl groups is 2. The summed E-state index contributed by atoms with van der Waals surface area (Å²) in [7, 11) is 1.54. The molecule has 0 spiro atoms. The van der Waals surface area contributed by atoms with Crippen LogP contribution in [0.25, 0.3) is 11.1 Å². The predicted octanol–water partition coefficient (Wildman–Crippen LogP) is 11.3. The van der Waals surface area contributed by atoms with Crippen molar-refractivity contribution in [1.29, 1.82) is 0 Å². The lowest BCUT2D eigenvalue weighted by Gasteiger charge is -2.46. The molecular formula is C51H53F3N2O6. The van der Waals surface area contributed by atoms with Crippen LogP contribution in [0.5, 0.6) is 11.5 Å². The van der Waals surface area contributed by atoms with Gasteiger partial charge in [-0.3, -0.25) is 4.79 Å². The Labute approximate surface area is 361 Å². The van der Waals surface area contributed by atoms with Crippen LogP contribution in [-0.4, -0.2) is 58.6 Å². The molecule has 11 heteroatoms. The predicted molar refractivity (Wildman–Crippen MR) is 234 cm³/mol. The molecule has 1 saturated carbocycles. The Bertz CT molecular complexity index is 2370. The van der Waals surface area contributed by atoms with E-state index < -0.39 is 29.5 Å². The lowest BCUT2D eigenvalue weighted by molar-refractivity contribution is -0.274. The number of carbonyl (C=O) groups is 2. The summed E-state index contributed by atoms with van der Waals surface area (Å²) in [6.07, 6.45) is 0.283. The van der Waals surface area contributed by atoms with E-state index in [1.807, 2.05) is 86.6 Å². The maximum atomic E-state index is 14.7. The monoisotopic (exact) mass is 846 g/mol. The summed E-state index contributed by atoms with van der Waals surface area (Å²) in [5.41, 5.74) is 4.49. The molecule has 8 rings (SSSR count). The minimum absolute atomic E-state index is 0.0317. The highest BCUT2D eigenvalue weighted by molar-refractivity contribution is 6.10. The summed E-state index contributed by atoms with van der Waals surface area (Å²) in [6.45, 7) is 3.95. The third-order valence-corrected chi connectivity index (χ3v) is 12.8. The molecule has 5 aromatic carbocycles. The summed E-state index contributed by atoms with van der Waals surface area (Å²) in [5, 5.41) is 27.2. The second-order valence-electron chi connectivity index (χ2n) is 16.9. The van der Waals surface area contributed by atoms with Crippen LogP contribution in [0.15, 0.2) is 133 Å². The first-order chi connectivity index (χ1) is 29.6. The molecule has 3 aliphatic carbocycles. The van der Waals surface area contributed by atoms with E-state index >= 15 is 0 Å². The fourth-order valence-corrected chi connectivity index (χ4v) is 9.21. The number of hydrogen-bond donors (Lipinski definition) is 3. The number of amides is 2. The van der Waals surface area contributed by atoms with E-state index in [-0.39, 0.29) is 30.5 Å². The van der Waals surface area contributed by atoms with E-state index in [4.69, 9.17) is 4.74 Å². The molecule has 62 heavy (non-hydrogen) atoms. The molecule has 0 heterocycles. The van der Waals surface area contributed by atoms with Crippen molar-refractivity contribution in [2.24, 2.45) is 5.41 Å². The number of allylic oxidation sites excluding steroid dienone is 2. The van der Waals surface area contributed by atoms with Gasteiger partial charge in [0.15, 0.2) is 5.78 Å². The van der Waals surface area contributed by atoms with Crippen LogP contribution in [-0.2, 0) is 13.0 Å². The molecule has 0 radical (unpaired) electrons. The average Bonchev–Trinajstić information content (AvgIpc) is 3.51. The number of hydrogen-bond acceptors (Lipinski definition) is 6. The molecule has 0 aromatic heterocycles. The molecule has 1 fully saturated rings. The van der Waals surface area contributed by atoms with E-state index in [9.17, 15) is 33.0 Å². The van der Waals surface area contributed by atoms with Gasteiger partial charge in [-0.15, -0.1) is 13.2 Å². The molecule has 5 aromatic rings. The second kappa shape index (κ2) is 18.6. The van der Waals surface area contributed by atoms with Gasteiger partial charge >= 0.3 is 12.4 Å². The van der Waals surface area contributed by atoms with Crippen molar-refractivity contribution in [2.75, 3.05) is 19.0 Å². The summed E-state index contributed by atoms with van der Waals surface area (Å²) in [5.74, 6) is -0.253. The number of aliphatic hydroxyl groups excluding tert-OH is 1. The van der Waals surface area contributed by atoms with Crippen LogP contribution in [0, 0.1) is 5.41 Å². The summed E-state index contributed by atoms with van der Waals surface area (Å²) >= 11 is 0. The quantitative estimate of drug-likeness (QED) is 0.0954. The SMILES string of the molecule is COc1ccc(NC(=O)N(Cc2ccc(OC(F)(F)F)cc2)C[C@]2(O)CC[C@H]3c4ccc(cc4C(=O)c4ccc(-c5ccccc5)cc4)C[C@@H](O)CCC(C)=CCC[C@@]32C)cc1. The molecule has 324 valence electrons. The van der Waals surface area contributed by atoms with E-state index in [0.717, 1.165) is 27.8 Å². The number of benzene rings is 5. The molecule has 0 saturated heterocycles. The van der Waals surface area contributed by atoms with Gasteiger partial charge in [0.1, 0.15) is 11.5 Å². The number of carbonyl (C=O) groups excluding carboxylic acids is 2. The zero-order valence-electron chi connectivity index (χ0n) is 35.3. The number of ketones is 1. The van der Waals surface area contributed by atoms with Crippen LogP contribution >= 0.6 is 0 Å². The Kier molecular flexibility index (Phi) is 13.2. The Morgan fingerprint density at radius 1 is 0.855 bits per heavy atom. The topological polar surface area (TPSA) is 108 Å². The van der Waals surface area contributed by atoms with E-state index in [1.165, 1.54) is 29.2 Å². The van der Waals surface area contributed by atoms with E-state index in [2.05, 4.69) is 16.1 Å². The lowest BCUT2D eigenvalue weighted by atomic mass is 9.64. The second-order valence-corrected chi connectivity index (χ2v) is 16.9. The van der Waals surface area contributed by atoms with Gasteiger partial charge in [-0.1, -0.05) is 97.4 Å². The molecule has 4 atom stereocenters. The van der Waals surface area contributed by atoms with Crippen molar-refractivity contribution in [3.63, 3.8) is 0 Å². The molecule has 2 amide bonds. The van der Waals surface area contributed by atoms with E-state index in [1.54, 1.807) is 31.4 Å². The summed E-state index contributed by atoms with van der Waals surface area (Å²) < 4.78 is 48.4. The van der Waals surface area contributed by atoms with Crippen LogP contribution in [0.2, 0.25) is 0 Å². The van der Waals surface area contributed by atoms with Crippen molar-refractivity contribution in [3.8, 4) is 22.6 Å². The Hall–Kier alpha value is -5.91. The fraction of sp³-hybridized carbons (Fsp3) is 0.333. The van der Waals surface area contributed by atoms with Crippen LogP contribution in [0.3, 0.4) is 0 Å². The van der Waals surface area contributed by atoms with Crippen molar-refractivity contribution in [2.45, 2.75) is 89.3 Å². The largest absolute Gasteiger partial charge is 0.573 e. The van der Waals surface area contributed by atoms with Gasteiger partial charge in [-0.2, -0.15) is 0 Å². The standard InChI is InChI=1S/C51H53F3N2O6/c1-34-8-7-28-49(2)46(44-26-14-36(30-41(57)21-11-34)31-45(44)47(58)39-17-15-38(16-18-39)37-9-5-4-6-10-37)27-29-50(49,60)33-56(48(59)55-40-19-24-42(61-3)25-20-40)32-35-12-22-43(23-13-35)62-51(52,53)54/h4-6,8-10,12-20,22-26,31,41,46,57,60H,7,11,21,27-30,32-33H2,1-3H3,(H,55,59)/t41-,46-,49-,50+/m0/s1. The lowest BCUT2D eigenvalue weighted by Crippen LogP contribution is -2.54. The number of anilines is 1. The third kappa shape index (κ3) is 10.2. The molecule has 8 nitrogen and oxygen atoms in total. The van der Waals surface area contributed by atoms with Gasteiger partial charge in [0.2, 0.25) is 0 Å². The molecular weight excluding hydrogens is 794 g/mol. The minimum atomic E-state index is -4.86. The summed E-state index contributed by atoms with van der Waals surface area (Å²) in [6, 6.07) is 35.0. The number of nitrogens with one attached hydrogen (secondary N) is 1. The normalized spacial score (nSPS) is 21.6. The maximum absolute atomic E-state index is 14.7. The molecule has 3 aliphatic rings. The number of urea groups is 1. The van der Waals surface area contributed by atoms with Crippen LogP contribution < -0.4 is 14.8 Å². The molecule has 0 aliphatic heterocycles. The van der Waals surface area contributed by atoms with Gasteiger partial charge < -0.3 is 29.9 Å². The number of halogens is 3. The fourth-order valence-electron chi connectivity index (χ4n) is 9.21. The van der Waals surface area contributed by atoms with Crippen molar-refractivity contribution >= 4 is 17.5 Å². The first-order valence-electron chi connectivity index (χ1n) is 21.1. The van der Waals surface area contributed by atoms with Crippen LogP contribution in [0.4, 0.5) is 23.7 Å².